The van der Waals surface area contributed by atoms with Gasteiger partial charge in [-0.2, -0.15) is 0 Å². The zero-order valence-electron chi connectivity index (χ0n) is 21.4. The Morgan fingerprint density at radius 1 is 0.868 bits per heavy atom. The summed E-state index contributed by atoms with van der Waals surface area (Å²) in [6, 6.07) is 24.7. The average Bonchev–Trinajstić information content (AvgIpc) is 2.95. The van der Waals surface area contributed by atoms with Gasteiger partial charge in [-0.15, -0.1) is 0 Å². The van der Waals surface area contributed by atoms with Crippen LogP contribution in [-0.4, -0.2) is 48.3 Å². The van der Waals surface area contributed by atoms with Gasteiger partial charge in [0, 0.05) is 13.1 Å². The van der Waals surface area contributed by atoms with Crippen molar-refractivity contribution in [1.82, 2.24) is 9.62 Å². The Kier molecular flexibility index (Phi) is 9.55. The summed E-state index contributed by atoms with van der Waals surface area (Å²) < 4.78 is 29.4. The standard InChI is InChI=1S/C30H36N2O5S/c33-28(21-31-38(36,37)29-19-11-10-18-26(29)25-16-8-3-9-17-25)27(20-23-12-4-1-5-13-23)32(30(34)35)22-24-14-6-2-7-15-24/h1-2,4-7,10-15,18-19,25,27-28,31,33H,3,8-9,16-17,20-22H2,(H,34,35)/t27-,28+/m0/s1. The lowest BCUT2D eigenvalue weighted by Gasteiger charge is -2.33. The Bertz CT molecular complexity index is 1280. The molecule has 202 valence electrons. The molecule has 8 heteroatoms. The van der Waals surface area contributed by atoms with Gasteiger partial charge in [-0.25, -0.2) is 17.9 Å². The molecule has 1 fully saturated rings. The second kappa shape index (κ2) is 13.0. The number of carboxylic acid groups (broad SMARTS) is 1. The summed E-state index contributed by atoms with van der Waals surface area (Å²) in [6.45, 7) is -0.237. The molecule has 0 aromatic heterocycles. The first kappa shape index (κ1) is 27.8. The molecule has 0 aliphatic heterocycles. The van der Waals surface area contributed by atoms with Crippen LogP contribution in [0.1, 0.15) is 54.7 Å². The summed E-state index contributed by atoms with van der Waals surface area (Å²) in [5, 5.41) is 21.4. The maximum absolute atomic E-state index is 13.4. The predicted molar refractivity (Wildman–Crippen MR) is 147 cm³/mol. The Balaban J connectivity index is 1.56. The maximum Gasteiger partial charge on any atom is 0.407 e. The SMILES string of the molecule is O=C(O)N(Cc1ccccc1)[C@@H](Cc1ccccc1)[C@H](O)CNS(=O)(=O)c1ccccc1C1CCCCC1. The van der Waals surface area contributed by atoms with Crippen molar-refractivity contribution in [1.29, 1.82) is 0 Å². The van der Waals surface area contributed by atoms with Crippen molar-refractivity contribution in [2.75, 3.05) is 6.54 Å². The highest BCUT2D eigenvalue weighted by molar-refractivity contribution is 7.89. The number of hydrogen-bond donors (Lipinski definition) is 3. The summed E-state index contributed by atoms with van der Waals surface area (Å²) in [6.07, 6.45) is 3.04. The second-order valence-electron chi connectivity index (χ2n) is 9.95. The molecule has 0 radical (unpaired) electrons. The van der Waals surface area contributed by atoms with E-state index in [1.165, 1.54) is 11.3 Å². The van der Waals surface area contributed by atoms with Gasteiger partial charge in [0.15, 0.2) is 0 Å². The van der Waals surface area contributed by atoms with Gasteiger partial charge < -0.3 is 10.2 Å². The minimum atomic E-state index is -3.92. The predicted octanol–water partition coefficient (Wildman–Crippen LogP) is 5.17. The van der Waals surface area contributed by atoms with Crippen molar-refractivity contribution in [3.05, 3.63) is 102 Å². The smallest absolute Gasteiger partial charge is 0.407 e. The molecule has 3 aromatic rings. The van der Waals surface area contributed by atoms with Crippen molar-refractivity contribution in [3.8, 4) is 0 Å². The molecule has 1 aliphatic rings. The van der Waals surface area contributed by atoms with Gasteiger partial charge in [0.2, 0.25) is 10.0 Å². The molecule has 0 saturated heterocycles. The molecule has 0 unspecified atom stereocenters. The summed E-state index contributed by atoms with van der Waals surface area (Å²) in [5.74, 6) is 0.195. The number of nitrogens with zero attached hydrogens (tertiary/aromatic N) is 1. The first-order chi connectivity index (χ1) is 18.3. The average molecular weight is 537 g/mol. The molecule has 4 rings (SSSR count). The third-order valence-corrected chi connectivity index (χ3v) is 8.81. The summed E-state index contributed by atoms with van der Waals surface area (Å²) in [4.78, 5) is 13.8. The van der Waals surface area contributed by atoms with E-state index in [0.717, 1.165) is 42.4 Å². The molecule has 7 nitrogen and oxygen atoms in total. The molecule has 1 saturated carbocycles. The highest BCUT2D eigenvalue weighted by Gasteiger charge is 2.32. The number of sulfonamides is 1. The van der Waals surface area contributed by atoms with Crippen LogP contribution in [0.15, 0.2) is 89.8 Å². The van der Waals surface area contributed by atoms with Crippen LogP contribution < -0.4 is 4.72 Å². The summed E-state index contributed by atoms with van der Waals surface area (Å²) >= 11 is 0. The largest absolute Gasteiger partial charge is 0.465 e. The van der Waals surface area contributed by atoms with E-state index < -0.39 is 28.3 Å². The monoisotopic (exact) mass is 536 g/mol. The first-order valence-electron chi connectivity index (χ1n) is 13.2. The molecular weight excluding hydrogens is 500 g/mol. The quantitative estimate of drug-likeness (QED) is 0.314. The first-order valence-corrected chi connectivity index (χ1v) is 14.7. The van der Waals surface area contributed by atoms with Crippen molar-refractivity contribution in [3.63, 3.8) is 0 Å². The van der Waals surface area contributed by atoms with Gasteiger partial charge in [-0.3, -0.25) is 4.90 Å². The molecule has 1 aliphatic carbocycles. The number of aliphatic hydroxyl groups is 1. The Morgan fingerprint density at radius 3 is 2.08 bits per heavy atom. The Hall–Kier alpha value is -3.20. The second-order valence-corrected chi connectivity index (χ2v) is 11.7. The number of amides is 1. The molecule has 0 spiro atoms. The third-order valence-electron chi connectivity index (χ3n) is 7.31. The van der Waals surface area contributed by atoms with E-state index in [4.69, 9.17) is 0 Å². The van der Waals surface area contributed by atoms with E-state index in [1.54, 1.807) is 12.1 Å². The van der Waals surface area contributed by atoms with E-state index in [2.05, 4.69) is 4.72 Å². The summed E-state index contributed by atoms with van der Waals surface area (Å²) in [7, 11) is -3.92. The molecule has 38 heavy (non-hydrogen) atoms. The zero-order chi connectivity index (χ0) is 27.0. The number of aliphatic hydroxyl groups excluding tert-OH is 1. The molecule has 0 bridgehead atoms. The van der Waals surface area contributed by atoms with E-state index in [1.807, 2.05) is 72.8 Å². The number of nitrogens with one attached hydrogen (secondary N) is 1. The van der Waals surface area contributed by atoms with E-state index in [0.29, 0.717) is 0 Å². The van der Waals surface area contributed by atoms with E-state index in [9.17, 15) is 23.4 Å². The van der Waals surface area contributed by atoms with Gasteiger partial charge in [0.05, 0.1) is 17.0 Å². The lowest BCUT2D eigenvalue weighted by molar-refractivity contribution is 0.0469. The molecule has 2 atom stereocenters. The topological polar surface area (TPSA) is 107 Å². The number of rotatable bonds is 11. The number of benzene rings is 3. The van der Waals surface area contributed by atoms with Crippen LogP contribution in [0, 0.1) is 0 Å². The zero-order valence-corrected chi connectivity index (χ0v) is 22.3. The fourth-order valence-electron chi connectivity index (χ4n) is 5.30. The fraction of sp³-hybridized carbons (Fsp3) is 0.367. The van der Waals surface area contributed by atoms with Gasteiger partial charge in [0.1, 0.15) is 0 Å². The molecule has 1 amide bonds. The lowest BCUT2D eigenvalue weighted by Crippen LogP contribution is -2.51. The molecule has 3 aromatic carbocycles. The van der Waals surface area contributed by atoms with Gasteiger partial charge in [0.25, 0.3) is 0 Å². The van der Waals surface area contributed by atoms with Crippen LogP contribution in [0.25, 0.3) is 0 Å². The van der Waals surface area contributed by atoms with Crippen molar-refractivity contribution < 1.29 is 23.4 Å². The van der Waals surface area contributed by atoms with Crippen molar-refractivity contribution >= 4 is 16.1 Å². The Morgan fingerprint density at radius 2 is 1.45 bits per heavy atom. The maximum atomic E-state index is 13.4. The number of hydrogen-bond acceptors (Lipinski definition) is 4. The van der Waals surface area contributed by atoms with Crippen LogP contribution in [0.5, 0.6) is 0 Å². The van der Waals surface area contributed by atoms with E-state index >= 15 is 0 Å². The van der Waals surface area contributed by atoms with Crippen LogP contribution in [-0.2, 0) is 23.0 Å². The van der Waals surface area contributed by atoms with Crippen LogP contribution in [0.2, 0.25) is 0 Å². The van der Waals surface area contributed by atoms with Crippen LogP contribution in [0.4, 0.5) is 4.79 Å². The van der Waals surface area contributed by atoms with Crippen molar-refractivity contribution in [2.24, 2.45) is 0 Å². The van der Waals surface area contributed by atoms with Gasteiger partial charge >= 0.3 is 6.09 Å². The minimum absolute atomic E-state index is 0.0714. The van der Waals surface area contributed by atoms with Gasteiger partial charge in [-0.05, 0) is 47.9 Å². The lowest BCUT2D eigenvalue weighted by atomic mass is 9.84. The molecule has 3 N–H and O–H groups in total. The van der Waals surface area contributed by atoms with Crippen LogP contribution in [0.3, 0.4) is 0 Å². The minimum Gasteiger partial charge on any atom is -0.465 e. The van der Waals surface area contributed by atoms with Crippen molar-refractivity contribution in [2.45, 2.75) is 68.0 Å². The highest BCUT2D eigenvalue weighted by Crippen LogP contribution is 2.35. The summed E-state index contributed by atoms with van der Waals surface area (Å²) in [5.41, 5.74) is 2.44. The van der Waals surface area contributed by atoms with Gasteiger partial charge in [-0.1, -0.05) is 98.1 Å². The van der Waals surface area contributed by atoms with Crippen LogP contribution >= 0.6 is 0 Å². The molecular formula is C30H36N2O5S. The third kappa shape index (κ3) is 7.22. The Labute approximate surface area is 225 Å². The highest BCUT2D eigenvalue weighted by atomic mass is 32.2. The number of carbonyl (C=O) groups is 1. The fourth-order valence-corrected chi connectivity index (χ4v) is 6.65. The van der Waals surface area contributed by atoms with E-state index in [-0.39, 0.29) is 30.3 Å². The normalized spacial score (nSPS) is 16.0. The molecule has 0 heterocycles.